The number of rotatable bonds is 6. The van der Waals surface area contributed by atoms with E-state index in [1.54, 1.807) is 31.5 Å². The quantitative estimate of drug-likeness (QED) is 0.687. The van der Waals surface area contributed by atoms with E-state index in [0.717, 1.165) is 0 Å². The Labute approximate surface area is 143 Å². The highest BCUT2D eigenvalue weighted by atomic mass is 32.2. The molecular formula is C17H17N3O3S. The molecular weight excluding hydrogens is 326 g/mol. The molecule has 24 heavy (non-hydrogen) atoms. The summed E-state index contributed by atoms with van der Waals surface area (Å²) in [4.78, 5) is 20.9. The van der Waals surface area contributed by atoms with E-state index in [1.807, 2.05) is 25.1 Å². The number of fused-ring (bicyclic) bond motifs is 1. The van der Waals surface area contributed by atoms with Crippen molar-refractivity contribution < 1.29 is 13.9 Å². The lowest BCUT2D eigenvalue weighted by Crippen LogP contribution is -2.24. The lowest BCUT2D eigenvalue weighted by atomic mass is 10.2. The fourth-order valence-electron chi connectivity index (χ4n) is 2.17. The smallest absolute Gasteiger partial charge is 0.259 e. The van der Waals surface area contributed by atoms with Crippen molar-refractivity contribution >= 4 is 34.6 Å². The lowest BCUT2D eigenvalue weighted by molar-refractivity contribution is -0.115. The number of nitrogens with zero attached hydrogens (tertiary/aromatic N) is 2. The SMILES string of the molecule is CCC(Sc1nc2ncccc2o1)C(=O)Nc1cccc(OC)c1. The van der Waals surface area contributed by atoms with E-state index in [1.165, 1.54) is 11.8 Å². The summed E-state index contributed by atoms with van der Waals surface area (Å²) in [5, 5.41) is 3.02. The van der Waals surface area contributed by atoms with E-state index in [2.05, 4.69) is 15.3 Å². The minimum absolute atomic E-state index is 0.106. The molecule has 2 heterocycles. The van der Waals surface area contributed by atoms with Crippen LogP contribution in [0.4, 0.5) is 5.69 Å². The van der Waals surface area contributed by atoms with Gasteiger partial charge in [-0.05, 0) is 30.7 Å². The Hall–Kier alpha value is -2.54. The number of benzene rings is 1. The summed E-state index contributed by atoms with van der Waals surface area (Å²) in [6.45, 7) is 1.95. The topological polar surface area (TPSA) is 77.2 Å². The molecule has 0 fully saturated rings. The first-order valence-corrected chi connectivity index (χ1v) is 8.40. The minimum atomic E-state index is -0.315. The standard InChI is InChI=1S/C17H17N3O3S/c1-3-14(16(21)19-11-6-4-7-12(10-11)22-2)24-17-20-15-13(23-17)8-5-9-18-15/h4-10,14H,3H2,1-2H3,(H,19,21). The van der Waals surface area contributed by atoms with Crippen molar-refractivity contribution in [2.75, 3.05) is 12.4 Å². The maximum Gasteiger partial charge on any atom is 0.259 e. The van der Waals surface area contributed by atoms with Crippen molar-refractivity contribution in [1.29, 1.82) is 0 Å². The Morgan fingerprint density at radius 3 is 3.00 bits per heavy atom. The van der Waals surface area contributed by atoms with Crippen LogP contribution < -0.4 is 10.1 Å². The van der Waals surface area contributed by atoms with Crippen LogP contribution in [-0.2, 0) is 4.79 Å². The molecule has 1 atom stereocenters. The van der Waals surface area contributed by atoms with Gasteiger partial charge in [0.2, 0.25) is 5.91 Å². The van der Waals surface area contributed by atoms with Crippen molar-refractivity contribution in [3.8, 4) is 5.75 Å². The van der Waals surface area contributed by atoms with Gasteiger partial charge in [0.1, 0.15) is 5.75 Å². The first-order valence-electron chi connectivity index (χ1n) is 7.52. The Morgan fingerprint density at radius 2 is 2.25 bits per heavy atom. The third-order valence-corrected chi connectivity index (χ3v) is 4.60. The number of aromatic nitrogens is 2. The summed E-state index contributed by atoms with van der Waals surface area (Å²) in [5.74, 6) is 0.587. The second kappa shape index (κ2) is 7.35. The number of carbonyl (C=O) groups excluding carboxylic acids is 1. The van der Waals surface area contributed by atoms with Crippen LogP contribution >= 0.6 is 11.8 Å². The molecule has 6 nitrogen and oxygen atoms in total. The van der Waals surface area contributed by atoms with Crippen LogP contribution in [0.5, 0.6) is 5.75 Å². The maximum absolute atomic E-state index is 12.5. The van der Waals surface area contributed by atoms with Gasteiger partial charge in [-0.25, -0.2) is 4.98 Å². The highest BCUT2D eigenvalue weighted by Gasteiger charge is 2.21. The predicted molar refractivity (Wildman–Crippen MR) is 93.4 cm³/mol. The number of anilines is 1. The predicted octanol–water partition coefficient (Wildman–Crippen LogP) is 3.74. The maximum atomic E-state index is 12.5. The van der Waals surface area contributed by atoms with E-state index >= 15 is 0 Å². The molecule has 124 valence electrons. The van der Waals surface area contributed by atoms with Gasteiger partial charge in [-0.1, -0.05) is 24.8 Å². The number of methoxy groups -OCH3 is 1. The van der Waals surface area contributed by atoms with Crippen molar-refractivity contribution in [1.82, 2.24) is 9.97 Å². The molecule has 3 rings (SSSR count). The summed E-state index contributed by atoms with van der Waals surface area (Å²) in [6, 6.07) is 10.8. The molecule has 1 amide bonds. The van der Waals surface area contributed by atoms with E-state index < -0.39 is 0 Å². The molecule has 0 aliphatic heterocycles. The second-order valence-electron chi connectivity index (χ2n) is 5.04. The summed E-state index contributed by atoms with van der Waals surface area (Å²) in [5.41, 5.74) is 1.85. The number of carbonyl (C=O) groups is 1. The van der Waals surface area contributed by atoms with Gasteiger partial charge in [0, 0.05) is 18.0 Å². The molecule has 0 radical (unpaired) electrons. The minimum Gasteiger partial charge on any atom is -0.497 e. The fourth-order valence-corrected chi connectivity index (χ4v) is 3.02. The largest absolute Gasteiger partial charge is 0.497 e. The van der Waals surface area contributed by atoms with Crippen LogP contribution in [0.25, 0.3) is 11.2 Å². The average Bonchev–Trinajstić information content (AvgIpc) is 3.02. The van der Waals surface area contributed by atoms with Crippen molar-refractivity contribution in [3.63, 3.8) is 0 Å². The van der Waals surface area contributed by atoms with Crippen LogP contribution in [0.1, 0.15) is 13.3 Å². The Kier molecular flexibility index (Phi) is 5.00. The molecule has 7 heteroatoms. The first-order chi connectivity index (χ1) is 11.7. The second-order valence-corrected chi connectivity index (χ2v) is 6.19. The average molecular weight is 343 g/mol. The van der Waals surface area contributed by atoms with Gasteiger partial charge in [-0.2, -0.15) is 4.98 Å². The molecule has 0 saturated heterocycles. The molecule has 0 saturated carbocycles. The van der Waals surface area contributed by atoms with Crippen molar-refractivity contribution in [2.45, 2.75) is 23.8 Å². The Balaban J connectivity index is 1.71. The highest BCUT2D eigenvalue weighted by Crippen LogP contribution is 2.28. The Bertz CT molecular complexity index is 817. The zero-order chi connectivity index (χ0) is 16.9. The molecule has 0 aliphatic rings. The summed E-state index contributed by atoms with van der Waals surface area (Å²) in [7, 11) is 1.59. The number of hydrogen-bond acceptors (Lipinski definition) is 6. The first kappa shape index (κ1) is 16.3. The number of ether oxygens (including phenoxy) is 1. The van der Waals surface area contributed by atoms with E-state index in [0.29, 0.717) is 34.3 Å². The van der Waals surface area contributed by atoms with Crippen LogP contribution in [0.3, 0.4) is 0 Å². The van der Waals surface area contributed by atoms with Gasteiger partial charge in [0.25, 0.3) is 5.22 Å². The van der Waals surface area contributed by atoms with Crippen LogP contribution in [0.15, 0.2) is 52.2 Å². The molecule has 2 aromatic heterocycles. The van der Waals surface area contributed by atoms with Gasteiger partial charge in [-0.15, -0.1) is 0 Å². The summed E-state index contributed by atoms with van der Waals surface area (Å²) in [6.07, 6.45) is 2.30. The molecule has 1 N–H and O–H groups in total. The van der Waals surface area contributed by atoms with Gasteiger partial charge in [0.15, 0.2) is 11.2 Å². The number of amides is 1. The van der Waals surface area contributed by atoms with Crippen LogP contribution in [-0.4, -0.2) is 28.2 Å². The molecule has 3 aromatic rings. The highest BCUT2D eigenvalue weighted by molar-refractivity contribution is 8.00. The molecule has 0 bridgehead atoms. The molecule has 0 aliphatic carbocycles. The number of oxazole rings is 1. The van der Waals surface area contributed by atoms with E-state index in [9.17, 15) is 4.79 Å². The number of pyridine rings is 1. The molecule has 0 spiro atoms. The lowest BCUT2D eigenvalue weighted by Gasteiger charge is -2.13. The zero-order valence-electron chi connectivity index (χ0n) is 13.4. The van der Waals surface area contributed by atoms with E-state index in [-0.39, 0.29) is 11.2 Å². The third kappa shape index (κ3) is 3.68. The Morgan fingerprint density at radius 1 is 1.38 bits per heavy atom. The zero-order valence-corrected chi connectivity index (χ0v) is 14.2. The van der Waals surface area contributed by atoms with Crippen molar-refractivity contribution in [2.24, 2.45) is 0 Å². The van der Waals surface area contributed by atoms with Gasteiger partial charge < -0.3 is 14.5 Å². The van der Waals surface area contributed by atoms with Gasteiger partial charge >= 0.3 is 0 Å². The fraction of sp³-hybridized carbons (Fsp3) is 0.235. The summed E-state index contributed by atoms with van der Waals surface area (Å²) < 4.78 is 10.8. The number of hydrogen-bond donors (Lipinski definition) is 1. The number of thioether (sulfide) groups is 1. The van der Waals surface area contributed by atoms with Gasteiger partial charge in [0.05, 0.1) is 12.4 Å². The third-order valence-electron chi connectivity index (χ3n) is 3.39. The van der Waals surface area contributed by atoms with Crippen LogP contribution in [0.2, 0.25) is 0 Å². The molecule has 1 aromatic carbocycles. The normalized spacial score (nSPS) is 12.1. The van der Waals surface area contributed by atoms with Crippen LogP contribution in [0, 0.1) is 0 Å². The summed E-state index contributed by atoms with van der Waals surface area (Å²) >= 11 is 1.29. The van der Waals surface area contributed by atoms with Gasteiger partial charge in [-0.3, -0.25) is 4.79 Å². The number of nitrogens with one attached hydrogen (secondary N) is 1. The monoisotopic (exact) mass is 343 g/mol. The van der Waals surface area contributed by atoms with E-state index in [4.69, 9.17) is 9.15 Å². The van der Waals surface area contributed by atoms with Crippen molar-refractivity contribution in [3.05, 3.63) is 42.6 Å². The molecule has 1 unspecified atom stereocenters.